The first-order chi connectivity index (χ1) is 10.5. The van der Waals surface area contributed by atoms with Gasteiger partial charge < -0.3 is 10.4 Å². The number of nitrogens with one attached hydrogen (secondary N) is 1. The van der Waals surface area contributed by atoms with Crippen LogP contribution in [0.5, 0.6) is 0 Å². The SMILES string of the molecule is O=C(O)CCCC1CCC(NC(=O)C2CCCC(I)C2)CC1. The first-order valence-corrected chi connectivity index (χ1v) is 9.95. The average molecular weight is 421 g/mol. The Morgan fingerprint density at radius 3 is 2.45 bits per heavy atom. The van der Waals surface area contributed by atoms with Crippen LogP contribution in [0.3, 0.4) is 0 Å². The van der Waals surface area contributed by atoms with E-state index in [-0.39, 0.29) is 18.2 Å². The molecule has 2 N–H and O–H groups in total. The predicted octanol–water partition coefficient (Wildman–Crippen LogP) is 3.91. The summed E-state index contributed by atoms with van der Waals surface area (Å²) >= 11 is 2.47. The number of hydrogen-bond acceptors (Lipinski definition) is 2. The Hall–Kier alpha value is -0.330. The highest BCUT2D eigenvalue weighted by molar-refractivity contribution is 14.1. The third kappa shape index (κ3) is 6.05. The number of aliphatic carboxylic acids is 1. The molecule has 4 nitrogen and oxygen atoms in total. The van der Waals surface area contributed by atoms with Gasteiger partial charge in [-0.25, -0.2) is 0 Å². The molecule has 2 saturated carbocycles. The van der Waals surface area contributed by atoms with Crippen molar-refractivity contribution in [3.05, 3.63) is 0 Å². The maximum atomic E-state index is 12.4. The third-order valence-corrected chi connectivity index (χ3v) is 6.31. The third-order valence-electron chi connectivity index (χ3n) is 5.18. The summed E-state index contributed by atoms with van der Waals surface area (Å²) in [6.45, 7) is 0. The van der Waals surface area contributed by atoms with Crippen molar-refractivity contribution in [1.82, 2.24) is 5.32 Å². The molecule has 0 bridgehead atoms. The van der Waals surface area contributed by atoms with Crippen LogP contribution in [-0.2, 0) is 9.59 Å². The Kier molecular flexibility index (Phi) is 7.44. The maximum Gasteiger partial charge on any atom is 0.303 e. The fraction of sp³-hybridized carbons (Fsp3) is 0.882. The minimum atomic E-state index is -0.693. The number of carbonyl (C=O) groups excluding carboxylic acids is 1. The van der Waals surface area contributed by atoms with Crippen molar-refractivity contribution < 1.29 is 14.7 Å². The first-order valence-electron chi connectivity index (χ1n) is 8.71. The molecule has 0 saturated heterocycles. The van der Waals surface area contributed by atoms with Gasteiger partial charge in [-0.2, -0.15) is 0 Å². The van der Waals surface area contributed by atoms with E-state index in [1.165, 1.54) is 12.8 Å². The zero-order valence-corrected chi connectivity index (χ0v) is 15.4. The van der Waals surface area contributed by atoms with Crippen molar-refractivity contribution in [1.29, 1.82) is 0 Å². The molecule has 0 spiro atoms. The molecule has 0 aromatic rings. The van der Waals surface area contributed by atoms with Crippen LogP contribution < -0.4 is 5.32 Å². The number of carboxylic acid groups (broad SMARTS) is 1. The van der Waals surface area contributed by atoms with Gasteiger partial charge in [-0.15, -0.1) is 0 Å². The Bertz CT molecular complexity index is 380. The lowest BCUT2D eigenvalue weighted by molar-refractivity contribution is -0.137. The molecule has 126 valence electrons. The molecule has 2 fully saturated rings. The van der Waals surface area contributed by atoms with Crippen LogP contribution in [0.15, 0.2) is 0 Å². The summed E-state index contributed by atoms with van der Waals surface area (Å²) in [5, 5.41) is 11.9. The molecule has 0 radical (unpaired) electrons. The van der Waals surface area contributed by atoms with E-state index in [0.717, 1.165) is 51.4 Å². The lowest BCUT2D eigenvalue weighted by Crippen LogP contribution is -2.42. The number of carbonyl (C=O) groups is 2. The van der Waals surface area contributed by atoms with Gasteiger partial charge in [0, 0.05) is 22.3 Å². The second kappa shape index (κ2) is 9.08. The molecule has 2 aliphatic rings. The topological polar surface area (TPSA) is 66.4 Å². The number of rotatable bonds is 6. The largest absolute Gasteiger partial charge is 0.481 e. The number of halogens is 1. The van der Waals surface area contributed by atoms with Crippen LogP contribution in [0, 0.1) is 11.8 Å². The second-order valence-corrected chi connectivity index (χ2v) is 8.73. The fourth-order valence-corrected chi connectivity index (χ4v) is 4.88. The summed E-state index contributed by atoms with van der Waals surface area (Å²) < 4.78 is 0.659. The summed E-state index contributed by atoms with van der Waals surface area (Å²) in [6, 6.07) is 0.345. The Labute approximate surface area is 146 Å². The van der Waals surface area contributed by atoms with Crippen molar-refractivity contribution in [2.75, 3.05) is 0 Å². The number of amides is 1. The lowest BCUT2D eigenvalue weighted by Gasteiger charge is -2.31. The molecular weight excluding hydrogens is 393 g/mol. The van der Waals surface area contributed by atoms with Crippen LogP contribution in [0.25, 0.3) is 0 Å². The van der Waals surface area contributed by atoms with E-state index < -0.39 is 5.97 Å². The van der Waals surface area contributed by atoms with Gasteiger partial charge in [0.05, 0.1) is 0 Å². The predicted molar refractivity (Wildman–Crippen MR) is 95.1 cm³/mol. The highest BCUT2D eigenvalue weighted by atomic mass is 127. The van der Waals surface area contributed by atoms with Crippen molar-refractivity contribution >= 4 is 34.5 Å². The molecule has 2 rings (SSSR count). The molecule has 0 aromatic heterocycles. The monoisotopic (exact) mass is 421 g/mol. The Balaban J connectivity index is 1.64. The standard InChI is InChI=1S/C17H28INO3/c18-14-5-2-4-13(11-14)17(22)19-15-9-7-12(8-10-15)3-1-6-16(20)21/h12-15H,1-11H2,(H,19,22)(H,20,21). The van der Waals surface area contributed by atoms with Crippen molar-refractivity contribution in [3.63, 3.8) is 0 Å². The molecule has 2 atom stereocenters. The molecule has 2 unspecified atom stereocenters. The number of alkyl halides is 1. The van der Waals surface area contributed by atoms with Crippen molar-refractivity contribution in [2.45, 2.75) is 80.6 Å². The molecule has 22 heavy (non-hydrogen) atoms. The number of hydrogen-bond donors (Lipinski definition) is 2. The van der Waals surface area contributed by atoms with Gasteiger partial charge >= 0.3 is 5.97 Å². The molecule has 1 amide bonds. The van der Waals surface area contributed by atoms with E-state index in [0.29, 0.717) is 15.9 Å². The zero-order valence-electron chi connectivity index (χ0n) is 13.2. The molecule has 0 heterocycles. The van der Waals surface area contributed by atoms with E-state index in [1.54, 1.807) is 0 Å². The van der Waals surface area contributed by atoms with Crippen molar-refractivity contribution in [3.8, 4) is 0 Å². The molecule has 2 aliphatic carbocycles. The summed E-state index contributed by atoms with van der Waals surface area (Å²) in [4.78, 5) is 22.9. The van der Waals surface area contributed by atoms with Gasteiger partial charge in [-0.1, -0.05) is 29.0 Å². The van der Waals surface area contributed by atoms with Gasteiger partial charge in [-0.3, -0.25) is 9.59 Å². The van der Waals surface area contributed by atoms with E-state index in [4.69, 9.17) is 5.11 Å². The number of carboxylic acids is 1. The Morgan fingerprint density at radius 2 is 1.82 bits per heavy atom. The summed E-state index contributed by atoms with van der Waals surface area (Å²) in [5.41, 5.74) is 0. The maximum absolute atomic E-state index is 12.4. The van der Waals surface area contributed by atoms with Gasteiger partial charge in [0.15, 0.2) is 0 Å². The molecular formula is C17H28INO3. The molecule has 0 aromatic carbocycles. The zero-order chi connectivity index (χ0) is 15.9. The highest BCUT2D eigenvalue weighted by Crippen LogP contribution is 2.31. The van der Waals surface area contributed by atoms with E-state index in [9.17, 15) is 9.59 Å². The van der Waals surface area contributed by atoms with E-state index in [1.807, 2.05) is 0 Å². The molecule has 5 heteroatoms. The smallest absolute Gasteiger partial charge is 0.303 e. The molecule has 0 aliphatic heterocycles. The van der Waals surface area contributed by atoms with Gasteiger partial charge in [0.25, 0.3) is 0 Å². The Morgan fingerprint density at radius 1 is 1.09 bits per heavy atom. The fourth-order valence-electron chi connectivity index (χ4n) is 3.82. The lowest BCUT2D eigenvalue weighted by atomic mass is 9.82. The van der Waals surface area contributed by atoms with Crippen molar-refractivity contribution in [2.24, 2.45) is 11.8 Å². The highest BCUT2D eigenvalue weighted by Gasteiger charge is 2.28. The minimum absolute atomic E-state index is 0.226. The summed E-state index contributed by atoms with van der Waals surface area (Å²) in [7, 11) is 0. The van der Waals surface area contributed by atoms with Crippen LogP contribution in [-0.4, -0.2) is 26.9 Å². The van der Waals surface area contributed by atoms with Crippen LogP contribution in [0.1, 0.15) is 70.6 Å². The van der Waals surface area contributed by atoms with Gasteiger partial charge in [0.1, 0.15) is 0 Å². The van der Waals surface area contributed by atoms with E-state index in [2.05, 4.69) is 27.9 Å². The van der Waals surface area contributed by atoms with Crippen LogP contribution >= 0.6 is 22.6 Å². The van der Waals surface area contributed by atoms with Crippen LogP contribution in [0.2, 0.25) is 0 Å². The summed E-state index contributed by atoms with van der Waals surface area (Å²) in [6.07, 6.45) is 11.0. The minimum Gasteiger partial charge on any atom is -0.481 e. The average Bonchev–Trinajstić information content (AvgIpc) is 2.48. The second-order valence-electron chi connectivity index (χ2n) is 6.97. The van der Waals surface area contributed by atoms with Gasteiger partial charge in [0.2, 0.25) is 5.91 Å². The first kappa shape index (κ1) is 18.0. The quantitative estimate of drug-likeness (QED) is 0.505. The van der Waals surface area contributed by atoms with Crippen LogP contribution in [0.4, 0.5) is 0 Å². The van der Waals surface area contributed by atoms with E-state index >= 15 is 0 Å². The normalized spacial score (nSPS) is 32.4. The summed E-state index contributed by atoms with van der Waals surface area (Å²) in [5.74, 6) is 0.461. The van der Waals surface area contributed by atoms with Gasteiger partial charge in [-0.05, 0) is 63.7 Å².